The number of rotatable bonds is 4. The zero-order chi connectivity index (χ0) is 13.2. The first-order chi connectivity index (χ1) is 7.88. The molecule has 2 unspecified atom stereocenters. The van der Waals surface area contributed by atoms with Gasteiger partial charge in [0.15, 0.2) is 0 Å². The Labute approximate surface area is 103 Å². The Morgan fingerprint density at radius 3 is 2.41 bits per heavy atom. The molecule has 2 amide bonds. The zero-order valence-electron chi connectivity index (χ0n) is 11.0. The number of carbonyl (C=O) groups excluding carboxylic acids is 2. The quantitative estimate of drug-likeness (QED) is 0.702. The van der Waals surface area contributed by atoms with Crippen LogP contribution in [0.4, 0.5) is 0 Å². The minimum Gasteiger partial charge on any atom is -0.278 e. The average Bonchev–Trinajstić information content (AvgIpc) is 2.49. The van der Waals surface area contributed by atoms with E-state index in [-0.39, 0.29) is 36.6 Å². The summed E-state index contributed by atoms with van der Waals surface area (Å²) < 4.78 is 0. The fraction of sp³-hybridized carbons (Fsp3) is 0.769. The third-order valence-electron chi connectivity index (χ3n) is 3.93. The van der Waals surface area contributed by atoms with Crippen molar-refractivity contribution in [3.05, 3.63) is 0 Å². The lowest BCUT2D eigenvalue weighted by atomic mass is 9.78. The second-order valence-electron chi connectivity index (χ2n) is 5.24. The summed E-state index contributed by atoms with van der Waals surface area (Å²) in [6, 6.07) is 1.78. The molecule has 0 spiro atoms. The van der Waals surface area contributed by atoms with E-state index in [2.05, 4.69) is 0 Å². The molecule has 1 saturated heterocycles. The second kappa shape index (κ2) is 4.87. The summed E-state index contributed by atoms with van der Waals surface area (Å²) in [4.78, 5) is 25.6. The maximum absolute atomic E-state index is 12.3. The fourth-order valence-electron chi connectivity index (χ4n) is 2.21. The zero-order valence-corrected chi connectivity index (χ0v) is 11.0. The van der Waals surface area contributed by atoms with Crippen LogP contribution >= 0.6 is 0 Å². The summed E-state index contributed by atoms with van der Waals surface area (Å²) >= 11 is 0. The van der Waals surface area contributed by atoms with Crippen LogP contribution in [-0.2, 0) is 9.59 Å². The number of nitriles is 1. The van der Waals surface area contributed by atoms with E-state index in [0.29, 0.717) is 6.42 Å². The van der Waals surface area contributed by atoms with Gasteiger partial charge in [0.2, 0.25) is 11.8 Å². The van der Waals surface area contributed by atoms with Crippen LogP contribution < -0.4 is 0 Å². The van der Waals surface area contributed by atoms with E-state index in [1.807, 2.05) is 33.8 Å². The number of carbonyl (C=O) groups is 2. The lowest BCUT2D eigenvalue weighted by Crippen LogP contribution is -2.43. The van der Waals surface area contributed by atoms with E-state index in [4.69, 9.17) is 5.26 Å². The van der Waals surface area contributed by atoms with E-state index < -0.39 is 5.41 Å². The van der Waals surface area contributed by atoms with Crippen LogP contribution in [0, 0.1) is 22.7 Å². The van der Waals surface area contributed by atoms with Crippen molar-refractivity contribution < 1.29 is 9.59 Å². The molecule has 2 atom stereocenters. The van der Waals surface area contributed by atoms with Gasteiger partial charge in [0.1, 0.15) is 0 Å². The lowest BCUT2D eigenvalue weighted by molar-refractivity contribution is -0.144. The Morgan fingerprint density at radius 2 is 2.06 bits per heavy atom. The van der Waals surface area contributed by atoms with Crippen LogP contribution in [0.15, 0.2) is 0 Å². The van der Waals surface area contributed by atoms with Gasteiger partial charge in [-0.2, -0.15) is 5.26 Å². The molecule has 4 nitrogen and oxygen atoms in total. The molecule has 4 heteroatoms. The predicted molar refractivity (Wildman–Crippen MR) is 63.7 cm³/mol. The first kappa shape index (κ1) is 13.7. The van der Waals surface area contributed by atoms with Crippen LogP contribution in [0.5, 0.6) is 0 Å². The Kier molecular flexibility index (Phi) is 3.92. The summed E-state index contributed by atoms with van der Waals surface area (Å²) in [6.07, 6.45) is 1.13. The van der Waals surface area contributed by atoms with Gasteiger partial charge < -0.3 is 0 Å². The van der Waals surface area contributed by atoms with Crippen LogP contribution in [0.25, 0.3) is 0 Å². The predicted octanol–water partition coefficient (Wildman–Crippen LogP) is 2.10. The molecule has 0 aromatic rings. The second-order valence-corrected chi connectivity index (χ2v) is 5.24. The van der Waals surface area contributed by atoms with E-state index in [9.17, 15) is 9.59 Å². The summed E-state index contributed by atoms with van der Waals surface area (Å²) in [5.74, 6) is -0.114. The van der Waals surface area contributed by atoms with Crippen molar-refractivity contribution >= 4 is 11.8 Å². The molecular formula is C13H20N2O2. The van der Waals surface area contributed by atoms with Gasteiger partial charge in [-0.3, -0.25) is 14.5 Å². The highest BCUT2D eigenvalue weighted by molar-refractivity contribution is 6.06. The Hall–Kier alpha value is -1.37. The molecule has 1 aliphatic rings. The number of likely N-dealkylation sites (tertiary alicyclic amines) is 1. The highest BCUT2D eigenvalue weighted by Gasteiger charge is 2.51. The van der Waals surface area contributed by atoms with Crippen molar-refractivity contribution in [1.82, 2.24) is 4.90 Å². The molecular weight excluding hydrogens is 216 g/mol. The number of nitrogens with zero attached hydrogens (tertiary/aromatic N) is 2. The van der Waals surface area contributed by atoms with Crippen LogP contribution in [0.2, 0.25) is 0 Å². The van der Waals surface area contributed by atoms with Crippen molar-refractivity contribution in [2.45, 2.75) is 53.0 Å². The maximum atomic E-state index is 12.3. The summed E-state index contributed by atoms with van der Waals surface area (Å²) in [5, 5.41) is 8.74. The summed E-state index contributed by atoms with van der Waals surface area (Å²) in [6.45, 7) is 7.66. The first-order valence-electron chi connectivity index (χ1n) is 6.11. The third kappa shape index (κ3) is 2.19. The number of amides is 2. The van der Waals surface area contributed by atoms with Crippen LogP contribution in [-0.4, -0.2) is 22.8 Å². The van der Waals surface area contributed by atoms with Gasteiger partial charge >= 0.3 is 0 Å². The molecule has 0 aliphatic carbocycles. The molecule has 1 fully saturated rings. The lowest BCUT2D eigenvalue weighted by Gasteiger charge is -2.28. The standard InChI is InChI=1S/C13H20N2O2/c1-5-10(6-7-14)15-11(16)8-13(4,9(2)3)12(15)17/h9-10H,5-6,8H2,1-4H3. The van der Waals surface area contributed by atoms with E-state index >= 15 is 0 Å². The monoisotopic (exact) mass is 236 g/mol. The number of hydrogen-bond donors (Lipinski definition) is 0. The molecule has 1 rings (SSSR count). The Morgan fingerprint density at radius 1 is 1.47 bits per heavy atom. The summed E-state index contributed by atoms with van der Waals surface area (Å²) in [5.41, 5.74) is -0.597. The van der Waals surface area contributed by atoms with E-state index in [0.717, 1.165) is 0 Å². The van der Waals surface area contributed by atoms with Crippen molar-refractivity contribution in [3.63, 3.8) is 0 Å². The SMILES string of the molecule is CCC(CC#N)N1C(=O)CC(C)(C(C)C)C1=O. The van der Waals surface area contributed by atoms with E-state index in [1.165, 1.54) is 4.90 Å². The normalized spacial score (nSPS) is 26.5. The largest absolute Gasteiger partial charge is 0.278 e. The molecule has 94 valence electrons. The van der Waals surface area contributed by atoms with Gasteiger partial charge in [-0.25, -0.2) is 0 Å². The van der Waals surface area contributed by atoms with Crippen LogP contribution in [0.1, 0.15) is 47.0 Å². The molecule has 0 bridgehead atoms. The average molecular weight is 236 g/mol. The molecule has 17 heavy (non-hydrogen) atoms. The highest BCUT2D eigenvalue weighted by Crippen LogP contribution is 2.40. The van der Waals surface area contributed by atoms with Gasteiger partial charge in [-0.1, -0.05) is 20.8 Å². The molecule has 1 heterocycles. The van der Waals surface area contributed by atoms with Gasteiger partial charge in [0.05, 0.1) is 23.9 Å². The van der Waals surface area contributed by atoms with Gasteiger partial charge in [-0.15, -0.1) is 0 Å². The fourth-order valence-corrected chi connectivity index (χ4v) is 2.21. The topological polar surface area (TPSA) is 61.2 Å². The van der Waals surface area contributed by atoms with Gasteiger partial charge in [0, 0.05) is 6.42 Å². The van der Waals surface area contributed by atoms with Gasteiger partial charge in [-0.05, 0) is 19.3 Å². The van der Waals surface area contributed by atoms with Crippen molar-refractivity contribution in [2.75, 3.05) is 0 Å². The van der Waals surface area contributed by atoms with Gasteiger partial charge in [0.25, 0.3) is 0 Å². The molecule has 0 aromatic heterocycles. The minimum absolute atomic E-state index is 0.111. The van der Waals surface area contributed by atoms with Crippen molar-refractivity contribution in [1.29, 1.82) is 5.26 Å². The molecule has 0 saturated carbocycles. The number of hydrogen-bond acceptors (Lipinski definition) is 3. The van der Waals surface area contributed by atoms with Crippen LogP contribution in [0.3, 0.4) is 0 Å². The minimum atomic E-state index is -0.597. The smallest absolute Gasteiger partial charge is 0.236 e. The highest BCUT2D eigenvalue weighted by atomic mass is 16.2. The number of imide groups is 1. The molecule has 0 radical (unpaired) electrons. The Bertz CT molecular complexity index is 370. The maximum Gasteiger partial charge on any atom is 0.236 e. The van der Waals surface area contributed by atoms with E-state index in [1.54, 1.807) is 0 Å². The van der Waals surface area contributed by atoms with Crippen molar-refractivity contribution in [3.8, 4) is 6.07 Å². The third-order valence-corrected chi connectivity index (χ3v) is 3.93. The first-order valence-corrected chi connectivity index (χ1v) is 6.11. The van der Waals surface area contributed by atoms with Crippen molar-refractivity contribution in [2.24, 2.45) is 11.3 Å². The molecule has 0 N–H and O–H groups in total. The molecule has 1 aliphatic heterocycles. The molecule has 0 aromatic carbocycles. The Balaban J connectivity index is 3.01. The summed E-state index contributed by atoms with van der Waals surface area (Å²) in [7, 11) is 0.